The molecular weight excluding hydrogens is 346 g/mol. The molecule has 0 spiro atoms. The van der Waals surface area contributed by atoms with E-state index in [1.807, 2.05) is 6.92 Å². The molecule has 134 valence electrons. The Labute approximate surface area is 145 Å². The standard InChI is InChI=1S/C16H19N3O5S/c1-11-9-15(18-24-11)17-16(20)13-3-5-14(6-4-13)25(21,22)19-7-8-23-12(2)10-19/h3-6,9,12H,7-8,10H2,1-2H3,(H,17,18,20). The molecule has 1 aromatic heterocycles. The van der Waals surface area contributed by atoms with Crippen molar-refractivity contribution in [1.82, 2.24) is 9.46 Å². The molecule has 0 aliphatic carbocycles. The summed E-state index contributed by atoms with van der Waals surface area (Å²) in [5, 5.41) is 6.27. The van der Waals surface area contributed by atoms with E-state index < -0.39 is 15.9 Å². The van der Waals surface area contributed by atoms with Crippen LogP contribution in [0.2, 0.25) is 0 Å². The third kappa shape index (κ3) is 3.89. The van der Waals surface area contributed by atoms with E-state index in [0.29, 0.717) is 36.8 Å². The van der Waals surface area contributed by atoms with Crippen LogP contribution in [0.3, 0.4) is 0 Å². The Balaban J connectivity index is 1.74. The number of ether oxygens (including phenoxy) is 1. The van der Waals surface area contributed by atoms with Crippen molar-refractivity contribution in [2.75, 3.05) is 25.0 Å². The molecule has 1 atom stereocenters. The summed E-state index contributed by atoms with van der Waals surface area (Å²) in [5.41, 5.74) is 0.329. The molecule has 1 saturated heterocycles. The third-order valence-electron chi connectivity index (χ3n) is 3.83. The Hall–Kier alpha value is -2.23. The molecule has 1 aliphatic heterocycles. The molecule has 25 heavy (non-hydrogen) atoms. The van der Waals surface area contributed by atoms with Gasteiger partial charge in [0.15, 0.2) is 5.82 Å². The molecule has 0 radical (unpaired) electrons. The molecule has 1 aliphatic rings. The number of hydrogen-bond donors (Lipinski definition) is 1. The second-order valence-electron chi connectivity index (χ2n) is 5.85. The first kappa shape index (κ1) is 17.6. The van der Waals surface area contributed by atoms with Gasteiger partial charge in [-0.15, -0.1) is 0 Å². The molecule has 1 fully saturated rings. The fraction of sp³-hybridized carbons (Fsp3) is 0.375. The average molecular weight is 365 g/mol. The van der Waals surface area contributed by atoms with Gasteiger partial charge in [0, 0.05) is 24.7 Å². The van der Waals surface area contributed by atoms with Crippen LogP contribution in [0.15, 0.2) is 39.8 Å². The Bertz CT molecular complexity index is 860. The fourth-order valence-electron chi connectivity index (χ4n) is 2.55. The minimum Gasteiger partial charge on any atom is -0.376 e. The Morgan fingerprint density at radius 1 is 1.32 bits per heavy atom. The van der Waals surface area contributed by atoms with Crippen LogP contribution in [-0.2, 0) is 14.8 Å². The molecular formula is C16H19N3O5S. The maximum absolute atomic E-state index is 12.7. The quantitative estimate of drug-likeness (QED) is 0.884. The molecule has 8 nitrogen and oxygen atoms in total. The van der Waals surface area contributed by atoms with Crippen LogP contribution in [0.25, 0.3) is 0 Å². The summed E-state index contributed by atoms with van der Waals surface area (Å²) in [6, 6.07) is 7.39. The van der Waals surface area contributed by atoms with Gasteiger partial charge in [-0.1, -0.05) is 5.16 Å². The first-order valence-corrected chi connectivity index (χ1v) is 9.27. The zero-order valence-corrected chi connectivity index (χ0v) is 14.7. The number of hydrogen-bond acceptors (Lipinski definition) is 6. The number of aryl methyl sites for hydroxylation is 1. The van der Waals surface area contributed by atoms with Gasteiger partial charge in [0.25, 0.3) is 5.91 Å². The number of carbonyl (C=O) groups excluding carboxylic acids is 1. The van der Waals surface area contributed by atoms with E-state index in [1.54, 1.807) is 13.0 Å². The van der Waals surface area contributed by atoms with E-state index in [9.17, 15) is 13.2 Å². The van der Waals surface area contributed by atoms with Crippen molar-refractivity contribution in [3.8, 4) is 0 Å². The first-order chi connectivity index (χ1) is 11.9. The predicted molar refractivity (Wildman–Crippen MR) is 89.8 cm³/mol. The molecule has 1 aromatic carbocycles. The Kier molecular flexibility index (Phi) is 4.89. The molecule has 1 N–H and O–H groups in total. The lowest BCUT2D eigenvalue weighted by molar-refractivity contribution is 0.0102. The van der Waals surface area contributed by atoms with Gasteiger partial charge in [-0.25, -0.2) is 8.42 Å². The van der Waals surface area contributed by atoms with Gasteiger partial charge in [0.2, 0.25) is 10.0 Å². The maximum Gasteiger partial charge on any atom is 0.256 e. The summed E-state index contributed by atoms with van der Waals surface area (Å²) in [6.07, 6.45) is -0.139. The van der Waals surface area contributed by atoms with Crippen molar-refractivity contribution in [3.05, 3.63) is 41.7 Å². The number of nitrogens with one attached hydrogen (secondary N) is 1. The van der Waals surface area contributed by atoms with Gasteiger partial charge >= 0.3 is 0 Å². The molecule has 1 unspecified atom stereocenters. The monoisotopic (exact) mass is 365 g/mol. The average Bonchev–Trinajstić information content (AvgIpc) is 3.00. The highest BCUT2D eigenvalue weighted by atomic mass is 32.2. The zero-order valence-electron chi connectivity index (χ0n) is 13.9. The third-order valence-corrected chi connectivity index (χ3v) is 5.71. The summed E-state index contributed by atoms with van der Waals surface area (Å²) in [5.74, 6) is 0.496. The van der Waals surface area contributed by atoms with Crippen LogP contribution in [-0.4, -0.2) is 49.6 Å². The number of nitrogens with zero attached hydrogens (tertiary/aromatic N) is 2. The maximum atomic E-state index is 12.7. The molecule has 3 rings (SSSR count). The van der Waals surface area contributed by atoms with Crippen molar-refractivity contribution in [2.45, 2.75) is 24.8 Å². The van der Waals surface area contributed by atoms with Crippen molar-refractivity contribution in [1.29, 1.82) is 0 Å². The second kappa shape index (κ2) is 6.95. The molecule has 0 bridgehead atoms. The first-order valence-electron chi connectivity index (χ1n) is 7.83. The smallest absolute Gasteiger partial charge is 0.256 e. The number of aromatic nitrogens is 1. The van der Waals surface area contributed by atoms with E-state index in [1.165, 1.54) is 28.6 Å². The van der Waals surface area contributed by atoms with Crippen LogP contribution < -0.4 is 5.32 Å². The normalized spacial score (nSPS) is 18.9. The molecule has 0 saturated carbocycles. The minimum atomic E-state index is -3.60. The van der Waals surface area contributed by atoms with Gasteiger partial charge in [-0.2, -0.15) is 4.31 Å². The van der Waals surface area contributed by atoms with Gasteiger partial charge in [0.1, 0.15) is 5.76 Å². The number of amides is 1. The number of carbonyl (C=O) groups is 1. The molecule has 1 amide bonds. The lowest BCUT2D eigenvalue weighted by Gasteiger charge is -2.30. The topological polar surface area (TPSA) is 102 Å². The number of anilines is 1. The lowest BCUT2D eigenvalue weighted by atomic mass is 10.2. The Morgan fingerprint density at radius 2 is 2.04 bits per heavy atom. The largest absolute Gasteiger partial charge is 0.376 e. The van der Waals surface area contributed by atoms with Crippen LogP contribution >= 0.6 is 0 Å². The molecule has 2 aromatic rings. The fourth-order valence-corrected chi connectivity index (χ4v) is 4.05. The highest BCUT2D eigenvalue weighted by molar-refractivity contribution is 7.89. The number of morpholine rings is 1. The van der Waals surface area contributed by atoms with Crippen molar-refractivity contribution >= 4 is 21.7 Å². The van der Waals surface area contributed by atoms with E-state index in [2.05, 4.69) is 10.5 Å². The second-order valence-corrected chi connectivity index (χ2v) is 7.78. The summed E-state index contributed by atoms with van der Waals surface area (Å²) in [7, 11) is -3.60. The van der Waals surface area contributed by atoms with Gasteiger partial charge in [0.05, 0.1) is 17.6 Å². The number of rotatable bonds is 4. The summed E-state index contributed by atoms with van der Waals surface area (Å²) < 4.78 is 37.0. The van der Waals surface area contributed by atoms with E-state index >= 15 is 0 Å². The lowest BCUT2D eigenvalue weighted by Crippen LogP contribution is -2.44. The van der Waals surface area contributed by atoms with Crippen LogP contribution in [0, 0.1) is 6.92 Å². The van der Waals surface area contributed by atoms with Crippen molar-refractivity contribution in [3.63, 3.8) is 0 Å². The summed E-state index contributed by atoms with van der Waals surface area (Å²) in [4.78, 5) is 12.3. The highest BCUT2D eigenvalue weighted by Gasteiger charge is 2.29. The van der Waals surface area contributed by atoms with E-state index in [4.69, 9.17) is 9.26 Å². The predicted octanol–water partition coefficient (Wildman–Crippen LogP) is 1.64. The molecule has 2 heterocycles. The summed E-state index contributed by atoms with van der Waals surface area (Å²) in [6.45, 7) is 4.56. The van der Waals surface area contributed by atoms with Gasteiger partial charge in [-0.05, 0) is 38.1 Å². The highest BCUT2D eigenvalue weighted by Crippen LogP contribution is 2.20. The van der Waals surface area contributed by atoms with Gasteiger partial charge in [-0.3, -0.25) is 4.79 Å². The SMILES string of the molecule is Cc1cc(NC(=O)c2ccc(S(=O)(=O)N3CCOC(C)C3)cc2)no1. The Morgan fingerprint density at radius 3 is 2.64 bits per heavy atom. The number of sulfonamides is 1. The number of benzene rings is 1. The van der Waals surface area contributed by atoms with Gasteiger partial charge < -0.3 is 14.6 Å². The zero-order chi connectivity index (χ0) is 18.0. The minimum absolute atomic E-state index is 0.139. The summed E-state index contributed by atoms with van der Waals surface area (Å²) >= 11 is 0. The van der Waals surface area contributed by atoms with Crippen molar-refractivity contribution < 1.29 is 22.5 Å². The van der Waals surface area contributed by atoms with E-state index in [0.717, 1.165) is 0 Å². The van der Waals surface area contributed by atoms with Crippen LogP contribution in [0.4, 0.5) is 5.82 Å². The van der Waals surface area contributed by atoms with Crippen molar-refractivity contribution in [2.24, 2.45) is 0 Å². The van der Waals surface area contributed by atoms with Crippen LogP contribution in [0.1, 0.15) is 23.0 Å². The van der Waals surface area contributed by atoms with E-state index in [-0.39, 0.29) is 11.0 Å². The van der Waals surface area contributed by atoms with Crippen LogP contribution in [0.5, 0.6) is 0 Å². The molecule has 9 heteroatoms.